The van der Waals surface area contributed by atoms with E-state index in [4.69, 9.17) is 9.47 Å². The summed E-state index contributed by atoms with van der Waals surface area (Å²) >= 11 is 0. The minimum atomic E-state index is 0.0648. The lowest BCUT2D eigenvalue weighted by molar-refractivity contribution is -0.136. The summed E-state index contributed by atoms with van der Waals surface area (Å²) in [6.07, 6.45) is 0.892. The van der Waals surface area contributed by atoms with E-state index in [9.17, 15) is 4.79 Å². The van der Waals surface area contributed by atoms with E-state index in [1.807, 2.05) is 4.90 Å². The van der Waals surface area contributed by atoms with Crippen molar-refractivity contribution in [3.63, 3.8) is 0 Å². The summed E-state index contributed by atoms with van der Waals surface area (Å²) in [6, 6.07) is 4.87. The van der Waals surface area contributed by atoms with Crippen LogP contribution in [0.1, 0.15) is 49.1 Å². The van der Waals surface area contributed by atoms with Crippen molar-refractivity contribution in [3.8, 4) is 0 Å². The number of fused-ring (bicyclic) bond motifs is 1. The van der Waals surface area contributed by atoms with Gasteiger partial charge in [-0.05, 0) is 34.1 Å². The Morgan fingerprint density at radius 2 is 2.20 bits per heavy atom. The zero-order valence-corrected chi connectivity index (χ0v) is 15.9. The number of carbonyl (C=O) groups excluding carboxylic acids is 1. The first-order chi connectivity index (χ1) is 11.9. The third kappa shape index (κ3) is 4.05. The van der Waals surface area contributed by atoms with Crippen molar-refractivity contribution in [2.45, 2.75) is 45.2 Å². The van der Waals surface area contributed by atoms with Crippen molar-refractivity contribution in [1.82, 2.24) is 10.2 Å². The van der Waals surface area contributed by atoms with E-state index in [1.54, 1.807) is 7.11 Å². The molecular weight excluding hydrogens is 316 g/mol. The van der Waals surface area contributed by atoms with Crippen LogP contribution >= 0.6 is 0 Å². The number of nitrogens with zero attached hydrogens (tertiary/aromatic N) is 1. The molecule has 1 aromatic rings. The van der Waals surface area contributed by atoms with Crippen LogP contribution < -0.4 is 5.32 Å². The molecule has 0 unspecified atom stereocenters. The molecule has 0 aromatic heterocycles. The molecule has 0 saturated carbocycles. The molecule has 1 fully saturated rings. The summed E-state index contributed by atoms with van der Waals surface area (Å²) in [4.78, 5) is 14.2. The minimum Gasteiger partial charge on any atom is -0.378 e. The summed E-state index contributed by atoms with van der Waals surface area (Å²) in [5.41, 5.74) is 5.39. The van der Waals surface area contributed by atoms with Crippen LogP contribution in [0.2, 0.25) is 0 Å². The summed E-state index contributed by atoms with van der Waals surface area (Å²) in [6.45, 7) is 10.7. The summed E-state index contributed by atoms with van der Waals surface area (Å²) in [5.74, 6) is 0.0648. The average molecular weight is 346 g/mol. The molecule has 1 saturated heterocycles. The Bertz CT molecular complexity index is 631. The number of hydrogen-bond acceptors (Lipinski definition) is 4. The molecule has 5 nitrogen and oxygen atoms in total. The highest BCUT2D eigenvalue weighted by Gasteiger charge is 2.28. The number of rotatable bonds is 3. The standard InChI is InChI=1S/C20H30N2O3/c1-20(2,3)15-9-14-11-22(19(23)13-24-4)7-5-16(14)17(10-15)18-12-25-8-6-21-18/h9-10,18,21H,5-8,11-13H2,1-4H3/t18-/m0/s1. The number of methoxy groups -OCH3 is 1. The van der Waals surface area contributed by atoms with Gasteiger partial charge in [-0.3, -0.25) is 4.79 Å². The third-order valence-electron chi connectivity index (χ3n) is 5.15. The number of morpholine rings is 1. The van der Waals surface area contributed by atoms with Gasteiger partial charge in [0.2, 0.25) is 5.91 Å². The maximum atomic E-state index is 12.2. The molecule has 0 spiro atoms. The molecule has 1 amide bonds. The highest BCUT2D eigenvalue weighted by molar-refractivity contribution is 5.77. The summed E-state index contributed by atoms with van der Waals surface area (Å²) < 4.78 is 10.7. The number of benzene rings is 1. The van der Waals surface area contributed by atoms with Gasteiger partial charge in [-0.2, -0.15) is 0 Å². The molecule has 0 radical (unpaired) electrons. The van der Waals surface area contributed by atoms with Gasteiger partial charge in [0.25, 0.3) is 0 Å². The molecule has 0 bridgehead atoms. The van der Waals surface area contributed by atoms with Gasteiger partial charge < -0.3 is 19.7 Å². The van der Waals surface area contributed by atoms with Crippen molar-refractivity contribution in [1.29, 1.82) is 0 Å². The molecule has 5 heteroatoms. The van der Waals surface area contributed by atoms with Crippen molar-refractivity contribution in [2.75, 3.05) is 40.0 Å². The van der Waals surface area contributed by atoms with E-state index in [-0.39, 0.29) is 24.0 Å². The lowest BCUT2D eigenvalue weighted by Gasteiger charge is -2.35. The van der Waals surface area contributed by atoms with Gasteiger partial charge in [-0.15, -0.1) is 0 Å². The van der Waals surface area contributed by atoms with E-state index in [0.29, 0.717) is 13.2 Å². The molecule has 0 aliphatic carbocycles. The Balaban J connectivity index is 1.97. The number of ether oxygens (including phenoxy) is 2. The molecule has 1 aromatic carbocycles. The fraction of sp³-hybridized carbons (Fsp3) is 0.650. The van der Waals surface area contributed by atoms with Crippen LogP contribution in [0.5, 0.6) is 0 Å². The number of amides is 1. The van der Waals surface area contributed by atoms with Crippen molar-refractivity contribution in [2.24, 2.45) is 0 Å². The van der Waals surface area contributed by atoms with E-state index in [2.05, 4.69) is 38.2 Å². The van der Waals surface area contributed by atoms with E-state index >= 15 is 0 Å². The van der Waals surface area contributed by atoms with Crippen LogP contribution in [0.4, 0.5) is 0 Å². The van der Waals surface area contributed by atoms with Gasteiger partial charge in [0.05, 0.1) is 19.3 Å². The summed E-state index contributed by atoms with van der Waals surface area (Å²) in [7, 11) is 1.57. The molecule has 3 rings (SSSR count). The van der Waals surface area contributed by atoms with E-state index < -0.39 is 0 Å². The first-order valence-electron chi connectivity index (χ1n) is 9.14. The van der Waals surface area contributed by atoms with Crippen LogP contribution in [-0.4, -0.2) is 50.8 Å². The zero-order chi connectivity index (χ0) is 18.0. The molecule has 25 heavy (non-hydrogen) atoms. The van der Waals surface area contributed by atoms with E-state index in [1.165, 1.54) is 22.3 Å². The predicted molar refractivity (Wildman–Crippen MR) is 97.7 cm³/mol. The van der Waals surface area contributed by atoms with Gasteiger partial charge >= 0.3 is 0 Å². The second-order valence-corrected chi connectivity index (χ2v) is 8.03. The SMILES string of the molecule is COCC(=O)N1CCc2c(cc(C(C)(C)C)cc2[C@@H]2COCCN2)C1. The Kier molecular flexibility index (Phi) is 5.46. The first-order valence-corrected chi connectivity index (χ1v) is 9.14. The van der Waals surface area contributed by atoms with Crippen molar-refractivity contribution >= 4 is 5.91 Å². The Morgan fingerprint density at radius 1 is 1.40 bits per heavy atom. The third-order valence-corrected chi connectivity index (χ3v) is 5.15. The number of hydrogen-bond donors (Lipinski definition) is 1. The van der Waals surface area contributed by atoms with Gasteiger partial charge in [0.15, 0.2) is 0 Å². The molecular formula is C20H30N2O3. The molecule has 138 valence electrons. The fourth-order valence-corrected chi connectivity index (χ4v) is 3.67. The van der Waals surface area contributed by atoms with Crippen LogP contribution in [0.25, 0.3) is 0 Å². The van der Waals surface area contributed by atoms with Crippen LogP contribution in [0.3, 0.4) is 0 Å². The maximum Gasteiger partial charge on any atom is 0.248 e. The molecule has 2 aliphatic rings. The largest absolute Gasteiger partial charge is 0.378 e. The second-order valence-electron chi connectivity index (χ2n) is 8.03. The lowest BCUT2D eigenvalue weighted by Crippen LogP contribution is -2.40. The smallest absolute Gasteiger partial charge is 0.248 e. The van der Waals surface area contributed by atoms with Gasteiger partial charge in [0, 0.05) is 26.7 Å². The van der Waals surface area contributed by atoms with Crippen molar-refractivity contribution in [3.05, 3.63) is 34.4 Å². The second kappa shape index (κ2) is 7.44. The Morgan fingerprint density at radius 3 is 2.84 bits per heavy atom. The fourth-order valence-electron chi connectivity index (χ4n) is 3.67. The van der Waals surface area contributed by atoms with Crippen LogP contribution in [0.15, 0.2) is 12.1 Å². The topological polar surface area (TPSA) is 50.8 Å². The first kappa shape index (κ1) is 18.4. The monoisotopic (exact) mass is 346 g/mol. The van der Waals surface area contributed by atoms with E-state index in [0.717, 1.165) is 26.1 Å². The highest BCUT2D eigenvalue weighted by atomic mass is 16.5. The Hall–Kier alpha value is -1.43. The lowest BCUT2D eigenvalue weighted by atomic mass is 9.80. The Labute approximate surface area is 150 Å². The molecule has 1 N–H and O–H groups in total. The van der Waals surface area contributed by atoms with Gasteiger partial charge in [0.1, 0.15) is 6.61 Å². The average Bonchev–Trinajstić information content (AvgIpc) is 2.60. The maximum absolute atomic E-state index is 12.2. The quantitative estimate of drug-likeness (QED) is 0.911. The van der Waals surface area contributed by atoms with Crippen LogP contribution in [-0.2, 0) is 32.6 Å². The van der Waals surface area contributed by atoms with Gasteiger partial charge in [-0.1, -0.05) is 32.9 Å². The number of nitrogens with one attached hydrogen (secondary N) is 1. The van der Waals surface area contributed by atoms with Crippen LogP contribution in [0, 0.1) is 0 Å². The predicted octanol–water partition coefficient (Wildman–Crippen LogP) is 2.18. The van der Waals surface area contributed by atoms with Gasteiger partial charge in [-0.25, -0.2) is 0 Å². The highest BCUT2D eigenvalue weighted by Crippen LogP contribution is 2.34. The molecule has 2 heterocycles. The number of carbonyl (C=O) groups is 1. The molecule has 2 aliphatic heterocycles. The van der Waals surface area contributed by atoms with Crippen molar-refractivity contribution < 1.29 is 14.3 Å². The normalized spacial score (nSPS) is 21.1. The minimum absolute atomic E-state index is 0.0648. The summed E-state index contributed by atoms with van der Waals surface area (Å²) in [5, 5.41) is 3.59. The molecule has 1 atom stereocenters. The zero-order valence-electron chi connectivity index (χ0n) is 15.9.